The van der Waals surface area contributed by atoms with Gasteiger partial charge in [0.15, 0.2) is 0 Å². The van der Waals surface area contributed by atoms with Crippen LogP contribution >= 0.6 is 22.7 Å². The van der Waals surface area contributed by atoms with Crippen LogP contribution in [0.5, 0.6) is 0 Å². The third-order valence-corrected chi connectivity index (χ3v) is 8.66. The molecule has 9 nitrogen and oxygen atoms in total. The van der Waals surface area contributed by atoms with E-state index in [9.17, 15) is 9.59 Å². The van der Waals surface area contributed by atoms with Gasteiger partial charge in [-0.25, -0.2) is 9.59 Å². The lowest BCUT2D eigenvalue weighted by molar-refractivity contribution is 0.126. The summed E-state index contributed by atoms with van der Waals surface area (Å²) in [6.45, 7) is 1.97. The van der Waals surface area contributed by atoms with E-state index in [1.54, 1.807) is 23.4 Å². The summed E-state index contributed by atoms with van der Waals surface area (Å²) >= 11 is 2.88. The molecule has 2 heterocycles. The average molecular weight is 656 g/mol. The largest absolute Gasteiger partial charge is 0.444 e. The lowest BCUT2D eigenvalue weighted by Crippen LogP contribution is -2.50. The first-order chi connectivity index (χ1) is 22.6. The van der Waals surface area contributed by atoms with Gasteiger partial charge in [-0.05, 0) is 29.5 Å². The first-order valence-electron chi connectivity index (χ1n) is 15.0. The number of thiazole rings is 2. The fraction of sp³-hybridized carbons (Fsp3) is 0.257. The Morgan fingerprint density at radius 1 is 0.630 bits per heavy atom. The van der Waals surface area contributed by atoms with Gasteiger partial charge in [0.25, 0.3) is 0 Å². The third-order valence-electron chi connectivity index (χ3n) is 7.16. The molecule has 0 radical (unpaired) electrons. The van der Waals surface area contributed by atoms with Crippen molar-refractivity contribution in [1.82, 2.24) is 25.5 Å². The highest BCUT2D eigenvalue weighted by atomic mass is 32.1. The van der Waals surface area contributed by atoms with Crippen LogP contribution in [0, 0.1) is 0 Å². The predicted molar refractivity (Wildman–Crippen MR) is 180 cm³/mol. The summed E-state index contributed by atoms with van der Waals surface area (Å²) in [6, 6.07) is 29.8. The Bertz CT molecular complexity index is 1470. The number of alkyl carbamates (subject to hydrolysis) is 2. The highest BCUT2D eigenvalue weighted by Crippen LogP contribution is 2.14. The molecule has 0 aliphatic carbocycles. The Kier molecular flexibility index (Phi) is 12.7. The maximum absolute atomic E-state index is 13.0. The van der Waals surface area contributed by atoms with Crippen LogP contribution in [0.15, 0.2) is 114 Å². The SMILES string of the molecule is O=C(N[C@H](Cc1ccccc1)CN(Cc1ccccc1)C[C@H](Cc1ccccc1)NC(=O)OCc1cncs1)OCc1cncs1. The molecule has 0 unspecified atom stereocenters. The van der Waals surface area contributed by atoms with Gasteiger partial charge >= 0.3 is 12.2 Å². The predicted octanol–water partition coefficient (Wildman–Crippen LogP) is 6.48. The Labute approximate surface area is 277 Å². The second kappa shape index (κ2) is 17.8. The number of carbonyl (C=O) groups excluding carboxylic acids is 2. The molecule has 3 aromatic carbocycles. The monoisotopic (exact) mass is 655 g/mol. The third kappa shape index (κ3) is 11.4. The van der Waals surface area contributed by atoms with Gasteiger partial charge in [0, 0.05) is 44.1 Å². The van der Waals surface area contributed by atoms with Crippen LogP contribution in [0.3, 0.4) is 0 Å². The van der Waals surface area contributed by atoms with E-state index in [-0.39, 0.29) is 25.3 Å². The van der Waals surface area contributed by atoms with Crippen molar-refractivity contribution in [3.05, 3.63) is 141 Å². The fourth-order valence-electron chi connectivity index (χ4n) is 5.11. The van der Waals surface area contributed by atoms with E-state index < -0.39 is 12.2 Å². The summed E-state index contributed by atoms with van der Waals surface area (Å²) in [5.74, 6) is 0. The number of amides is 2. The molecule has 11 heteroatoms. The summed E-state index contributed by atoms with van der Waals surface area (Å²) in [5.41, 5.74) is 6.75. The minimum absolute atomic E-state index is 0.162. The Morgan fingerprint density at radius 2 is 1.04 bits per heavy atom. The van der Waals surface area contributed by atoms with Gasteiger partial charge in [-0.1, -0.05) is 91.0 Å². The zero-order valence-electron chi connectivity index (χ0n) is 25.4. The number of hydrogen-bond acceptors (Lipinski definition) is 9. The second-order valence-corrected chi connectivity index (χ2v) is 12.8. The van der Waals surface area contributed by atoms with Gasteiger partial charge in [-0.3, -0.25) is 14.9 Å². The van der Waals surface area contributed by atoms with E-state index in [1.165, 1.54) is 22.7 Å². The number of carbonyl (C=O) groups is 2. The smallest absolute Gasteiger partial charge is 0.407 e. The average Bonchev–Trinajstić information content (AvgIpc) is 3.79. The zero-order valence-corrected chi connectivity index (χ0v) is 27.0. The second-order valence-electron chi connectivity index (χ2n) is 10.8. The molecule has 2 amide bonds. The van der Waals surface area contributed by atoms with E-state index in [4.69, 9.17) is 9.47 Å². The number of benzene rings is 3. The number of aromatic nitrogens is 2. The van der Waals surface area contributed by atoms with Crippen LogP contribution in [-0.4, -0.2) is 52.2 Å². The van der Waals surface area contributed by atoms with Crippen LogP contribution in [0.4, 0.5) is 9.59 Å². The summed E-state index contributed by atoms with van der Waals surface area (Å²) < 4.78 is 11.1. The minimum Gasteiger partial charge on any atom is -0.444 e. The zero-order chi connectivity index (χ0) is 31.8. The van der Waals surface area contributed by atoms with Gasteiger partial charge in [0.05, 0.1) is 20.8 Å². The highest BCUT2D eigenvalue weighted by molar-refractivity contribution is 7.09. The first kappa shape index (κ1) is 32.8. The fourth-order valence-corrected chi connectivity index (χ4v) is 6.12. The van der Waals surface area contributed by atoms with Crippen molar-refractivity contribution in [3.63, 3.8) is 0 Å². The standard InChI is InChI=1S/C35H37N5O4S2/c41-34(43-23-32-18-36-25-45-32)38-30(16-27-10-4-1-5-11-27)21-40(20-29-14-8-3-9-15-29)22-31(17-28-12-6-2-7-13-28)39-35(42)44-24-33-19-37-26-46-33/h1-15,18-19,25-26,30-31H,16-17,20-24H2,(H,38,41)(H,39,42)/t30-,31+. The normalized spacial score (nSPS) is 12.3. The lowest BCUT2D eigenvalue weighted by Gasteiger charge is -2.32. The molecule has 0 aliphatic rings. The van der Waals surface area contributed by atoms with Crippen LogP contribution in [0.2, 0.25) is 0 Å². The Morgan fingerprint density at radius 3 is 1.43 bits per heavy atom. The van der Waals surface area contributed by atoms with Crippen molar-refractivity contribution < 1.29 is 19.1 Å². The van der Waals surface area contributed by atoms with Gasteiger partial charge in [0.2, 0.25) is 0 Å². The molecule has 2 N–H and O–H groups in total. The van der Waals surface area contributed by atoms with Crippen LogP contribution in [0.25, 0.3) is 0 Å². The quantitative estimate of drug-likeness (QED) is 0.125. The van der Waals surface area contributed by atoms with Crippen LogP contribution in [-0.2, 0) is 42.1 Å². The van der Waals surface area contributed by atoms with E-state index in [1.807, 2.05) is 54.6 Å². The summed E-state index contributed by atoms with van der Waals surface area (Å²) in [4.78, 5) is 38.2. The van der Waals surface area contributed by atoms with Gasteiger partial charge in [0.1, 0.15) is 13.2 Å². The number of nitrogens with one attached hydrogen (secondary N) is 2. The first-order valence-corrected chi connectivity index (χ1v) is 16.8. The molecule has 2 aromatic heterocycles. The molecule has 0 fully saturated rings. The summed E-state index contributed by atoms with van der Waals surface area (Å²) in [7, 11) is 0. The number of ether oxygens (including phenoxy) is 2. The van der Waals surface area contributed by atoms with E-state index in [2.05, 4.69) is 61.9 Å². The molecule has 0 saturated carbocycles. The molecular weight excluding hydrogens is 619 g/mol. The van der Waals surface area contributed by atoms with Crippen molar-refractivity contribution >= 4 is 34.9 Å². The molecule has 0 saturated heterocycles. The van der Waals surface area contributed by atoms with E-state index in [0.717, 1.165) is 26.4 Å². The molecular formula is C35H37N5O4S2. The van der Waals surface area contributed by atoms with E-state index in [0.29, 0.717) is 32.5 Å². The van der Waals surface area contributed by atoms with Crippen molar-refractivity contribution in [1.29, 1.82) is 0 Å². The van der Waals surface area contributed by atoms with Crippen LogP contribution in [0.1, 0.15) is 26.4 Å². The van der Waals surface area contributed by atoms with Crippen molar-refractivity contribution in [2.24, 2.45) is 0 Å². The van der Waals surface area contributed by atoms with Crippen molar-refractivity contribution in [3.8, 4) is 0 Å². The Hall–Kier alpha value is -4.58. The topological polar surface area (TPSA) is 106 Å². The van der Waals surface area contributed by atoms with Crippen LogP contribution < -0.4 is 10.6 Å². The van der Waals surface area contributed by atoms with Crippen molar-refractivity contribution in [2.45, 2.75) is 44.7 Å². The van der Waals surface area contributed by atoms with E-state index >= 15 is 0 Å². The van der Waals surface area contributed by atoms with Gasteiger partial charge in [-0.2, -0.15) is 0 Å². The van der Waals surface area contributed by atoms with Gasteiger partial charge in [-0.15, -0.1) is 22.7 Å². The lowest BCUT2D eigenvalue weighted by atomic mass is 10.0. The molecule has 0 spiro atoms. The maximum atomic E-state index is 13.0. The van der Waals surface area contributed by atoms with Crippen molar-refractivity contribution in [2.75, 3.05) is 13.1 Å². The summed E-state index contributed by atoms with van der Waals surface area (Å²) in [5, 5.41) is 6.22. The highest BCUT2D eigenvalue weighted by Gasteiger charge is 2.23. The molecule has 0 bridgehead atoms. The molecule has 2 atom stereocenters. The molecule has 0 aliphatic heterocycles. The molecule has 46 heavy (non-hydrogen) atoms. The molecule has 5 aromatic rings. The maximum Gasteiger partial charge on any atom is 0.407 e. The van der Waals surface area contributed by atoms with Gasteiger partial charge < -0.3 is 20.1 Å². The number of hydrogen-bond donors (Lipinski definition) is 2. The number of nitrogens with zero attached hydrogens (tertiary/aromatic N) is 3. The molecule has 238 valence electrons. The number of rotatable bonds is 16. The molecule has 5 rings (SSSR count). The Balaban J connectivity index is 1.33. The minimum atomic E-state index is -0.486. The summed E-state index contributed by atoms with van der Waals surface area (Å²) in [6.07, 6.45) is 3.64.